The minimum absolute atomic E-state index is 0.107. The highest BCUT2D eigenvalue weighted by atomic mass is 35.5. The van der Waals surface area contributed by atoms with Crippen molar-refractivity contribution < 1.29 is 0 Å². The number of anilines is 2. The minimum atomic E-state index is -0.119. The number of thiocarbonyl (C=S) groups is 1. The van der Waals surface area contributed by atoms with Crippen LogP contribution in [0.5, 0.6) is 0 Å². The van der Waals surface area contributed by atoms with E-state index >= 15 is 0 Å². The van der Waals surface area contributed by atoms with Crippen LogP contribution >= 0.6 is 35.2 Å². The summed E-state index contributed by atoms with van der Waals surface area (Å²) >= 11 is 14.6. The smallest absolute Gasteiger partial charge is 0.193 e. The molecule has 39 heavy (non-hydrogen) atoms. The summed E-state index contributed by atoms with van der Waals surface area (Å²) in [5, 5.41) is 7.98. The molecule has 0 spiro atoms. The van der Waals surface area contributed by atoms with E-state index in [2.05, 4.69) is 82.7 Å². The van der Waals surface area contributed by atoms with E-state index in [0.717, 1.165) is 51.7 Å². The lowest BCUT2D eigenvalue weighted by atomic mass is 9.91. The number of piperidine rings is 1. The van der Waals surface area contributed by atoms with Crippen LogP contribution in [0, 0.1) is 25.7 Å². The number of nitrogens with zero attached hydrogens (tertiary/aromatic N) is 5. The number of pyridine rings is 1. The van der Waals surface area contributed by atoms with Crippen molar-refractivity contribution in [1.82, 2.24) is 19.9 Å². The first-order valence-corrected chi connectivity index (χ1v) is 15.1. The Balaban J connectivity index is 1.43. The van der Waals surface area contributed by atoms with Gasteiger partial charge in [0, 0.05) is 47.9 Å². The zero-order valence-electron chi connectivity index (χ0n) is 22.6. The summed E-state index contributed by atoms with van der Waals surface area (Å²) in [4.78, 5) is 13.9. The predicted molar refractivity (Wildman–Crippen MR) is 165 cm³/mol. The Morgan fingerprint density at radius 2 is 1.82 bits per heavy atom. The summed E-state index contributed by atoms with van der Waals surface area (Å²) in [6.07, 6.45) is 4.95. The largest absolute Gasteiger partial charge is 0.370 e. The van der Waals surface area contributed by atoms with Gasteiger partial charge in [0.2, 0.25) is 0 Å². The lowest BCUT2D eigenvalue weighted by molar-refractivity contribution is 0.357. The van der Waals surface area contributed by atoms with Crippen molar-refractivity contribution in [3.05, 3.63) is 87.9 Å². The molecule has 0 unspecified atom stereocenters. The molecule has 9 heteroatoms. The molecule has 0 bridgehead atoms. The highest BCUT2D eigenvalue weighted by Gasteiger charge is 2.42. The van der Waals surface area contributed by atoms with Gasteiger partial charge in [-0.05, 0) is 86.3 Å². The Morgan fingerprint density at radius 3 is 2.49 bits per heavy atom. The predicted octanol–water partition coefficient (Wildman–Crippen LogP) is 7.26. The van der Waals surface area contributed by atoms with E-state index in [1.54, 1.807) is 11.3 Å². The standard InChI is InChI=1S/C30H33ClN6S2/c1-18-13-19(2)17-35(16-18)26-9-8-22(15-24(26)31)37-28(27(34-29(37)38)25-7-5-6-10-32-25)23-14-20(3)36(21(23)4)30-33-11-12-39-30/h5-12,14-15,18-19,27-28H,13,16-17H2,1-4H3,(H,34,38)/t18-,19+,27-,28-/m1/s1. The number of rotatable bonds is 5. The number of benzene rings is 1. The number of thiazole rings is 1. The molecular formula is C30H33ClN6S2. The molecule has 6 rings (SSSR count). The Morgan fingerprint density at radius 1 is 1.03 bits per heavy atom. The van der Waals surface area contributed by atoms with Gasteiger partial charge in [-0.3, -0.25) is 9.55 Å². The molecule has 2 fully saturated rings. The van der Waals surface area contributed by atoms with Gasteiger partial charge in [-0.2, -0.15) is 0 Å². The molecule has 1 N–H and O–H groups in total. The summed E-state index contributed by atoms with van der Waals surface area (Å²) in [5.74, 6) is 1.30. The van der Waals surface area contributed by atoms with Gasteiger partial charge in [0.15, 0.2) is 10.2 Å². The number of hydrogen-bond acceptors (Lipinski definition) is 5. The summed E-state index contributed by atoms with van der Waals surface area (Å²) in [6.45, 7) is 11.0. The van der Waals surface area contributed by atoms with E-state index in [-0.39, 0.29) is 12.1 Å². The fraction of sp³-hybridized carbons (Fsp3) is 0.367. The van der Waals surface area contributed by atoms with Crippen LogP contribution in [0.25, 0.3) is 5.13 Å². The first-order chi connectivity index (χ1) is 18.8. The van der Waals surface area contributed by atoms with Crippen LogP contribution in [0.15, 0.2) is 60.2 Å². The number of nitrogens with one attached hydrogen (secondary N) is 1. The second-order valence-corrected chi connectivity index (χ2v) is 12.6. The van der Waals surface area contributed by atoms with E-state index in [9.17, 15) is 0 Å². The van der Waals surface area contributed by atoms with E-state index in [0.29, 0.717) is 16.9 Å². The van der Waals surface area contributed by atoms with Gasteiger partial charge >= 0.3 is 0 Å². The van der Waals surface area contributed by atoms with Crippen LogP contribution in [0.1, 0.15) is 55.0 Å². The Labute approximate surface area is 244 Å². The fourth-order valence-corrected chi connectivity index (χ4v) is 7.81. The molecule has 5 heterocycles. The molecule has 0 amide bonds. The van der Waals surface area contributed by atoms with Crippen molar-refractivity contribution in [3.63, 3.8) is 0 Å². The molecule has 2 saturated heterocycles. The number of hydrogen-bond donors (Lipinski definition) is 1. The van der Waals surface area contributed by atoms with E-state index in [1.165, 1.54) is 12.0 Å². The van der Waals surface area contributed by atoms with E-state index < -0.39 is 0 Å². The molecule has 4 aromatic rings. The number of aryl methyl sites for hydroxylation is 1. The highest BCUT2D eigenvalue weighted by molar-refractivity contribution is 7.80. The summed E-state index contributed by atoms with van der Waals surface area (Å²) < 4.78 is 2.23. The van der Waals surface area contributed by atoms with Gasteiger partial charge in [-0.15, -0.1) is 11.3 Å². The van der Waals surface area contributed by atoms with Gasteiger partial charge in [0.05, 0.1) is 28.5 Å². The van der Waals surface area contributed by atoms with Crippen molar-refractivity contribution in [2.75, 3.05) is 22.9 Å². The Hall–Kier alpha value is -2.94. The van der Waals surface area contributed by atoms with Crippen LogP contribution in [-0.2, 0) is 0 Å². The SMILES string of the molecule is Cc1cc([C@@H]2[C@@H](c3ccccn3)NC(=S)N2c2ccc(N3C[C@H](C)C[C@H](C)C3)c(Cl)c2)c(C)n1-c1nccs1. The van der Waals surface area contributed by atoms with Crippen LogP contribution in [0.3, 0.4) is 0 Å². The van der Waals surface area contributed by atoms with Crippen molar-refractivity contribution in [3.8, 4) is 5.13 Å². The first-order valence-electron chi connectivity index (χ1n) is 13.5. The molecule has 0 radical (unpaired) electrons. The van der Waals surface area contributed by atoms with E-state index in [1.807, 2.05) is 29.9 Å². The first kappa shape index (κ1) is 26.3. The molecule has 2 aliphatic heterocycles. The van der Waals surface area contributed by atoms with Crippen LogP contribution < -0.4 is 15.1 Å². The van der Waals surface area contributed by atoms with Crippen LogP contribution in [0.2, 0.25) is 5.02 Å². The van der Waals surface area contributed by atoms with Gasteiger partial charge in [-0.25, -0.2) is 4.98 Å². The summed E-state index contributed by atoms with van der Waals surface area (Å²) in [6, 6.07) is 14.5. The maximum atomic E-state index is 7.00. The molecule has 2 aliphatic rings. The number of aromatic nitrogens is 3. The molecule has 6 nitrogen and oxygen atoms in total. The normalized spacial score (nSPS) is 23.4. The molecule has 0 aliphatic carbocycles. The minimum Gasteiger partial charge on any atom is -0.370 e. The summed E-state index contributed by atoms with van der Waals surface area (Å²) in [5.41, 5.74) is 6.48. The quantitative estimate of drug-likeness (QED) is 0.252. The lowest BCUT2D eigenvalue weighted by Gasteiger charge is -2.37. The third kappa shape index (κ3) is 4.83. The van der Waals surface area contributed by atoms with Crippen molar-refractivity contribution >= 4 is 51.6 Å². The van der Waals surface area contributed by atoms with Gasteiger partial charge in [0.25, 0.3) is 0 Å². The second-order valence-electron chi connectivity index (χ2n) is 11.0. The Bertz CT molecular complexity index is 1470. The van der Waals surface area contributed by atoms with Gasteiger partial charge < -0.3 is 15.1 Å². The van der Waals surface area contributed by atoms with Gasteiger partial charge in [-0.1, -0.05) is 31.5 Å². The molecule has 202 valence electrons. The highest BCUT2D eigenvalue weighted by Crippen LogP contribution is 2.45. The van der Waals surface area contributed by atoms with Crippen molar-refractivity contribution in [2.45, 2.75) is 46.2 Å². The van der Waals surface area contributed by atoms with Crippen LogP contribution in [0.4, 0.5) is 11.4 Å². The molecular weight excluding hydrogens is 544 g/mol. The van der Waals surface area contributed by atoms with Crippen molar-refractivity contribution in [1.29, 1.82) is 0 Å². The van der Waals surface area contributed by atoms with Crippen LogP contribution in [-0.4, -0.2) is 32.7 Å². The average molecular weight is 577 g/mol. The monoisotopic (exact) mass is 576 g/mol. The van der Waals surface area contributed by atoms with Crippen molar-refractivity contribution in [2.24, 2.45) is 11.8 Å². The Kier molecular flexibility index (Phi) is 7.12. The molecule has 1 aromatic carbocycles. The average Bonchev–Trinajstić information content (AvgIpc) is 3.61. The fourth-order valence-electron chi connectivity index (χ4n) is 6.42. The molecule has 3 aromatic heterocycles. The second kappa shape index (κ2) is 10.6. The number of halogens is 1. The maximum Gasteiger partial charge on any atom is 0.193 e. The zero-order chi connectivity index (χ0) is 27.3. The third-order valence-corrected chi connectivity index (χ3v) is 9.29. The maximum absolute atomic E-state index is 7.00. The molecule has 4 atom stereocenters. The van der Waals surface area contributed by atoms with E-state index in [4.69, 9.17) is 28.8 Å². The zero-order valence-corrected chi connectivity index (χ0v) is 25.0. The topological polar surface area (TPSA) is 49.2 Å². The molecule has 0 saturated carbocycles. The summed E-state index contributed by atoms with van der Waals surface area (Å²) in [7, 11) is 0. The lowest BCUT2D eigenvalue weighted by Crippen LogP contribution is -2.38. The third-order valence-electron chi connectivity index (χ3n) is 7.92. The van der Waals surface area contributed by atoms with Gasteiger partial charge in [0.1, 0.15) is 0 Å².